The Morgan fingerprint density at radius 3 is 2.45 bits per heavy atom. The number of primary amides is 1. The van der Waals surface area contributed by atoms with Crippen molar-refractivity contribution in [2.75, 3.05) is 19.6 Å². The molecule has 5 nitrogen and oxygen atoms in total. The lowest BCUT2D eigenvalue weighted by atomic mass is 10.5. The molecule has 0 saturated carbocycles. The summed E-state index contributed by atoms with van der Waals surface area (Å²) in [5.41, 5.74) is 4.68. The van der Waals surface area contributed by atoms with Crippen LogP contribution in [0.1, 0.15) is 6.92 Å². The molecule has 0 aromatic heterocycles. The highest BCUT2D eigenvalue weighted by atomic mass is 16.2. The molecule has 0 saturated heterocycles. The first kappa shape index (κ1) is 9.90. The van der Waals surface area contributed by atoms with Gasteiger partial charge in [-0.25, -0.2) is 0 Å². The zero-order chi connectivity index (χ0) is 8.69. The summed E-state index contributed by atoms with van der Waals surface area (Å²) in [6, 6.07) is 0. The Hall–Kier alpha value is -1.10. The third-order valence-electron chi connectivity index (χ3n) is 1.06. The monoisotopic (exact) mass is 159 g/mol. The van der Waals surface area contributed by atoms with Crippen molar-refractivity contribution in [3.8, 4) is 0 Å². The SMILES string of the molecule is CCNCCNC(=O)C(N)=O. The Morgan fingerprint density at radius 1 is 1.36 bits per heavy atom. The van der Waals surface area contributed by atoms with E-state index in [1.165, 1.54) is 0 Å². The van der Waals surface area contributed by atoms with Crippen LogP contribution in [0.2, 0.25) is 0 Å². The lowest BCUT2D eigenvalue weighted by Gasteiger charge is -2.01. The summed E-state index contributed by atoms with van der Waals surface area (Å²) in [5, 5.41) is 5.32. The lowest BCUT2D eigenvalue weighted by Crippen LogP contribution is -2.39. The van der Waals surface area contributed by atoms with Gasteiger partial charge in [0.05, 0.1) is 0 Å². The smallest absolute Gasteiger partial charge is 0.309 e. The highest BCUT2D eigenvalue weighted by Gasteiger charge is 2.05. The van der Waals surface area contributed by atoms with E-state index in [9.17, 15) is 9.59 Å². The largest absolute Gasteiger partial charge is 0.361 e. The number of nitrogens with two attached hydrogens (primary N) is 1. The molecule has 11 heavy (non-hydrogen) atoms. The summed E-state index contributed by atoms with van der Waals surface area (Å²) in [5.74, 6) is -1.68. The fourth-order valence-electron chi connectivity index (χ4n) is 0.528. The van der Waals surface area contributed by atoms with Crippen LogP contribution in [0.15, 0.2) is 0 Å². The van der Waals surface area contributed by atoms with Gasteiger partial charge in [0.25, 0.3) is 0 Å². The highest BCUT2D eigenvalue weighted by Crippen LogP contribution is 1.62. The van der Waals surface area contributed by atoms with Crippen LogP contribution in [0.25, 0.3) is 0 Å². The molecular formula is C6H13N3O2. The van der Waals surface area contributed by atoms with Crippen LogP contribution in [0.3, 0.4) is 0 Å². The van der Waals surface area contributed by atoms with Crippen LogP contribution in [-0.2, 0) is 9.59 Å². The maximum atomic E-state index is 10.5. The standard InChI is InChI=1S/C6H13N3O2/c1-2-8-3-4-9-6(11)5(7)10/h8H,2-4H2,1H3,(H2,7,10)(H,9,11). The molecule has 0 unspecified atom stereocenters. The molecule has 0 bridgehead atoms. The number of carbonyl (C=O) groups excluding carboxylic acids is 2. The second kappa shape index (κ2) is 5.67. The Bertz CT molecular complexity index is 147. The van der Waals surface area contributed by atoms with Gasteiger partial charge in [-0.05, 0) is 6.54 Å². The Balaban J connectivity index is 3.25. The van der Waals surface area contributed by atoms with Crippen molar-refractivity contribution >= 4 is 11.8 Å². The molecule has 64 valence electrons. The van der Waals surface area contributed by atoms with E-state index in [2.05, 4.69) is 16.4 Å². The molecule has 0 aromatic rings. The molecule has 0 radical (unpaired) electrons. The zero-order valence-electron chi connectivity index (χ0n) is 6.52. The van der Waals surface area contributed by atoms with E-state index >= 15 is 0 Å². The quantitative estimate of drug-likeness (QED) is 0.334. The van der Waals surface area contributed by atoms with Crippen LogP contribution in [0, 0.1) is 0 Å². The highest BCUT2D eigenvalue weighted by molar-refractivity contribution is 6.34. The van der Waals surface area contributed by atoms with E-state index < -0.39 is 11.8 Å². The van der Waals surface area contributed by atoms with Crippen molar-refractivity contribution in [3.63, 3.8) is 0 Å². The van der Waals surface area contributed by atoms with Gasteiger partial charge in [-0.2, -0.15) is 0 Å². The second-order valence-electron chi connectivity index (χ2n) is 1.97. The van der Waals surface area contributed by atoms with Gasteiger partial charge in [0.15, 0.2) is 0 Å². The molecule has 0 aliphatic carbocycles. The first-order valence-electron chi connectivity index (χ1n) is 3.46. The summed E-state index contributed by atoms with van der Waals surface area (Å²) >= 11 is 0. The predicted molar refractivity (Wildman–Crippen MR) is 40.7 cm³/mol. The normalized spacial score (nSPS) is 9.18. The minimum Gasteiger partial charge on any atom is -0.361 e. The summed E-state index contributed by atoms with van der Waals surface area (Å²) < 4.78 is 0. The molecule has 2 amide bonds. The van der Waals surface area contributed by atoms with E-state index in [0.717, 1.165) is 6.54 Å². The number of carbonyl (C=O) groups is 2. The topological polar surface area (TPSA) is 84.2 Å². The first-order valence-corrected chi connectivity index (χ1v) is 3.46. The fourth-order valence-corrected chi connectivity index (χ4v) is 0.528. The Labute approximate surface area is 65.3 Å². The van der Waals surface area contributed by atoms with Gasteiger partial charge >= 0.3 is 11.8 Å². The number of hydrogen-bond acceptors (Lipinski definition) is 3. The van der Waals surface area contributed by atoms with Gasteiger partial charge in [-0.1, -0.05) is 6.92 Å². The first-order chi connectivity index (χ1) is 5.18. The van der Waals surface area contributed by atoms with Gasteiger partial charge in [-0.15, -0.1) is 0 Å². The molecular weight excluding hydrogens is 146 g/mol. The molecule has 0 heterocycles. The van der Waals surface area contributed by atoms with Crippen molar-refractivity contribution in [1.29, 1.82) is 0 Å². The number of nitrogens with one attached hydrogen (secondary N) is 2. The summed E-state index contributed by atoms with van der Waals surface area (Å²) in [6.45, 7) is 3.87. The maximum absolute atomic E-state index is 10.5. The van der Waals surface area contributed by atoms with E-state index in [4.69, 9.17) is 0 Å². The predicted octanol–water partition coefficient (Wildman–Crippen LogP) is -1.80. The molecule has 0 rings (SSSR count). The molecule has 5 heteroatoms. The summed E-state index contributed by atoms with van der Waals surface area (Å²) in [7, 11) is 0. The van der Waals surface area contributed by atoms with Gasteiger partial charge in [0, 0.05) is 13.1 Å². The lowest BCUT2D eigenvalue weighted by molar-refractivity contribution is -0.137. The van der Waals surface area contributed by atoms with Crippen molar-refractivity contribution < 1.29 is 9.59 Å². The van der Waals surface area contributed by atoms with E-state index in [0.29, 0.717) is 13.1 Å². The average Bonchev–Trinajstić information content (AvgIpc) is 1.97. The van der Waals surface area contributed by atoms with Crippen LogP contribution in [0.5, 0.6) is 0 Å². The molecule has 0 atom stereocenters. The fraction of sp³-hybridized carbons (Fsp3) is 0.667. The summed E-state index contributed by atoms with van der Waals surface area (Å²) in [6.07, 6.45) is 0. The van der Waals surface area contributed by atoms with Crippen LogP contribution >= 0.6 is 0 Å². The third-order valence-corrected chi connectivity index (χ3v) is 1.06. The van der Waals surface area contributed by atoms with E-state index in [-0.39, 0.29) is 0 Å². The molecule has 4 N–H and O–H groups in total. The van der Waals surface area contributed by atoms with Crippen LogP contribution < -0.4 is 16.4 Å². The van der Waals surface area contributed by atoms with E-state index in [1.807, 2.05) is 6.92 Å². The zero-order valence-corrected chi connectivity index (χ0v) is 6.52. The van der Waals surface area contributed by atoms with E-state index in [1.54, 1.807) is 0 Å². The van der Waals surface area contributed by atoms with Crippen LogP contribution in [0.4, 0.5) is 0 Å². The Kier molecular flexibility index (Phi) is 5.10. The molecule has 0 aliphatic heterocycles. The molecule has 0 fully saturated rings. The number of amides is 2. The average molecular weight is 159 g/mol. The van der Waals surface area contributed by atoms with Crippen molar-refractivity contribution in [3.05, 3.63) is 0 Å². The summed E-state index contributed by atoms with van der Waals surface area (Å²) in [4.78, 5) is 20.6. The van der Waals surface area contributed by atoms with Gasteiger partial charge in [0.2, 0.25) is 0 Å². The minimum atomic E-state index is -0.943. The van der Waals surface area contributed by atoms with Gasteiger partial charge in [0.1, 0.15) is 0 Å². The van der Waals surface area contributed by atoms with Crippen molar-refractivity contribution in [2.24, 2.45) is 5.73 Å². The van der Waals surface area contributed by atoms with Crippen molar-refractivity contribution in [2.45, 2.75) is 6.92 Å². The maximum Gasteiger partial charge on any atom is 0.309 e. The second-order valence-corrected chi connectivity index (χ2v) is 1.97. The molecule has 0 aromatic carbocycles. The number of hydrogen-bond donors (Lipinski definition) is 3. The number of likely N-dealkylation sites (N-methyl/N-ethyl adjacent to an activating group) is 1. The van der Waals surface area contributed by atoms with Crippen molar-refractivity contribution in [1.82, 2.24) is 10.6 Å². The van der Waals surface area contributed by atoms with Crippen LogP contribution in [-0.4, -0.2) is 31.4 Å². The Morgan fingerprint density at radius 2 is 2.00 bits per heavy atom. The third kappa shape index (κ3) is 5.35. The van der Waals surface area contributed by atoms with Gasteiger partial charge in [-0.3, -0.25) is 9.59 Å². The molecule has 0 spiro atoms. The minimum absolute atomic E-state index is 0.426. The molecule has 0 aliphatic rings. The van der Waals surface area contributed by atoms with Gasteiger partial charge < -0.3 is 16.4 Å². The number of rotatable bonds is 4.